The normalized spacial score (nSPS) is 23.3. The molecule has 1 aliphatic carbocycles. The minimum Gasteiger partial charge on any atom is -0.459 e. The van der Waals surface area contributed by atoms with Gasteiger partial charge < -0.3 is 10.1 Å². The first-order chi connectivity index (χ1) is 9.08. The van der Waals surface area contributed by atoms with Gasteiger partial charge in [-0.1, -0.05) is 19.3 Å². The molecule has 3 heteroatoms. The molecule has 0 aromatic carbocycles. The lowest BCUT2D eigenvalue weighted by molar-refractivity contribution is -0.665. The predicted octanol–water partition coefficient (Wildman–Crippen LogP) is 2.25. The van der Waals surface area contributed by atoms with Crippen LogP contribution in [0.15, 0.2) is 0 Å². The van der Waals surface area contributed by atoms with Crippen molar-refractivity contribution in [2.24, 2.45) is 11.8 Å². The van der Waals surface area contributed by atoms with Crippen molar-refractivity contribution in [2.45, 2.75) is 70.8 Å². The van der Waals surface area contributed by atoms with Crippen LogP contribution in [0.3, 0.4) is 0 Å². The highest BCUT2D eigenvalue weighted by atomic mass is 16.6. The highest BCUT2D eigenvalue weighted by Crippen LogP contribution is 2.31. The van der Waals surface area contributed by atoms with Crippen molar-refractivity contribution in [1.82, 2.24) is 0 Å². The third-order valence-electron chi connectivity index (χ3n) is 4.98. The number of quaternary nitrogens is 1. The van der Waals surface area contributed by atoms with E-state index in [1.54, 1.807) is 0 Å². The van der Waals surface area contributed by atoms with Crippen molar-refractivity contribution >= 4 is 5.97 Å². The lowest BCUT2D eigenvalue weighted by Crippen LogP contribution is -2.86. The smallest absolute Gasteiger partial charge is 0.306 e. The van der Waals surface area contributed by atoms with Crippen molar-refractivity contribution in [2.75, 3.05) is 13.1 Å². The summed E-state index contributed by atoms with van der Waals surface area (Å²) in [5.41, 5.74) is -0.278. The Hall–Kier alpha value is -0.570. The van der Waals surface area contributed by atoms with Gasteiger partial charge in [0.05, 0.1) is 13.1 Å². The molecule has 1 saturated heterocycles. The minimum absolute atomic E-state index is 0.0338. The zero-order valence-electron chi connectivity index (χ0n) is 12.6. The molecule has 0 radical (unpaired) electrons. The van der Waals surface area contributed by atoms with Gasteiger partial charge in [0.2, 0.25) is 0 Å². The van der Waals surface area contributed by atoms with Crippen LogP contribution in [-0.4, -0.2) is 24.7 Å². The number of hydrogen-bond donors (Lipinski definition) is 1. The van der Waals surface area contributed by atoms with Crippen LogP contribution >= 0.6 is 0 Å². The molecule has 0 spiro atoms. The third kappa shape index (κ3) is 4.48. The summed E-state index contributed by atoms with van der Waals surface area (Å²) in [6.07, 6.45) is 9.34. The van der Waals surface area contributed by atoms with Gasteiger partial charge in [-0.3, -0.25) is 4.79 Å². The van der Waals surface area contributed by atoms with Crippen LogP contribution in [-0.2, 0) is 9.53 Å². The standard InChI is InChI=1S/C16H29NO2/c1-16(2,14-8-10-17-11-9-14)19-15(18)12-13-6-4-3-5-7-13/h13-14,17H,3-12H2,1-2H3/p+1. The van der Waals surface area contributed by atoms with Crippen LogP contribution in [0.4, 0.5) is 0 Å². The molecule has 2 N–H and O–H groups in total. The second kappa shape index (κ2) is 6.74. The Morgan fingerprint density at radius 1 is 1.11 bits per heavy atom. The SMILES string of the molecule is CC(C)(OC(=O)CC1CCCCC1)C1CC[NH2+]CC1. The molecule has 2 rings (SSSR count). The van der Waals surface area contributed by atoms with E-state index in [0.29, 0.717) is 18.3 Å². The van der Waals surface area contributed by atoms with Crippen LogP contribution in [0.1, 0.15) is 65.2 Å². The molecule has 3 nitrogen and oxygen atoms in total. The van der Waals surface area contributed by atoms with E-state index >= 15 is 0 Å². The predicted molar refractivity (Wildman–Crippen MR) is 75.7 cm³/mol. The number of hydrogen-bond acceptors (Lipinski definition) is 2. The third-order valence-corrected chi connectivity index (χ3v) is 4.98. The van der Waals surface area contributed by atoms with Crippen LogP contribution < -0.4 is 5.32 Å². The average Bonchev–Trinajstić information content (AvgIpc) is 2.40. The van der Waals surface area contributed by atoms with E-state index in [1.165, 1.54) is 58.0 Å². The van der Waals surface area contributed by atoms with Crippen LogP contribution in [0.2, 0.25) is 0 Å². The summed E-state index contributed by atoms with van der Waals surface area (Å²) in [5.74, 6) is 1.15. The summed E-state index contributed by atoms with van der Waals surface area (Å²) in [7, 11) is 0. The van der Waals surface area contributed by atoms with Gasteiger partial charge >= 0.3 is 5.97 Å². The number of carbonyl (C=O) groups is 1. The molecule has 0 amide bonds. The van der Waals surface area contributed by atoms with Gasteiger partial charge in [0.1, 0.15) is 5.60 Å². The van der Waals surface area contributed by atoms with Gasteiger partial charge in [0.25, 0.3) is 0 Å². The van der Waals surface area contributed by atoms with Crippen molar-refractivity contribution in [1.29, 1.82) is 0 Å². The Balaban J connectivity index is 1.79. The second-order valence-electron chi connectivity index (χ2n) is 6.93. The molecular formula is C16H30NO2+. The molecule has 1 saturated carbocycles. The summed E-state index contributed by atoms with van der Waals surface area (Å²) in [6, 6.07) is 0. The maximum absolute atomic E-state index is 12.1. The van der Waals surface area contributed by atoms with Gasteiger partial charge in [-0.15, -0.1) is 0 Å². The molecule has 0 aromatic heterocycles. The molecule has 0 unspecified atom stereocenters. The Bertz CT molecular complexity index is 289. The maximum atomic E-state index is 12.1. The fourth-order valence-corrected chi connectivity index (χ4v) is 3.67. The molecule has 1 aliphatic heterocycles. The van der Waals surface area contributed by atoms with E-state index in [-0.39, 0.29) is 11.6 Å². The van der Waals surface area contributed by atoms with E-state index < -0.39 is 0 Å². The first kappa shape index (κ1) is 14.8. The highest BCUT2D eigenvalue weighted by Gasteiger charge is 2.35. The van der Waals surface area contributed by atoms with Crippen molar-refractivity contribution < 1.29 is 14.8 Å². The fraction of sp³-hybridized carbons (Fsp3) is 0.938. The van der Waals surface area contributed by atoms with Gasteiger partial charge in [-0.05, 0) is 32.6 Å². The van der Waals surface area contributed by atoms with E-state index in [2.05, 4.69) is 19.2 Å². The fourth-order valence-electron chi connectivity index (χ4n) is 3.67. The van der Waals surface area contributed by atoms with E-state index in [9.17, 15) is 4.79 Å². The number of ether oxygens (including phenoxy) is 1. The van der Waals surface area contributed by atoms with Gasteiger partial charge in [-0.25, -0.2) is 0 Å². The number of piperidine rings is 1. The van der Waals surface area contributed by atoms with E-state index in [4.69, 9.17) is 4.74 Å². The summed E-state index contributed by atoms with van der Waals surface area (Å²) in [4.78, 5) is 12.1. The maximum Gasteiger partial charge on any atom is 0.306 e. The highest BCUT2D eigenvalue weighted by molar-refractivity contribution is 5.70. The summed E-state index contributed by atoms with van der Waals surface area (Å²) in [5, 5.41) is 2.36. The molecule has 0 aromatic rings. The lowest BCUT2D eigenvalue weighted by atomic mass is 9.83. The largest absolute Gasteiger partial charge is 0.459 e. The Kier molecular flexibility index (Phi) is 5.26. The van der Waals surface area contributed by atoms with Crippen molar-refractivity contribution in [3.63, 3.8) is 0 Å². The first-order valence-electron chi connectivity index (χ1n) is 8.11. The molecule has 19 heavy (non-hydrogen) atoms. The summed E-state index contributed by atoms with van der Waals surface area (Å²) >= 11 is 0. The summed E-state index contributed by atoms with van der Waals surface area (Å²) < 4.78 is 5.83. The van der Waals surface area contributed by atoms with Gasteiger partial charge in [0.15, 0.2) is 0 Å². The summed E-state index contributed by atoms with van der Waals surface area (Å²) in [6.45, 7) is 6.55. The average molecular weight is 268 g/mol. The molecule has 0 atom stereocenters. The van der Waals surface area contributed by atoms with Crippen LogP contribution in [0.25, 0.3) is 0 Å². The lowest BCUT2D eigenvalue weighted by Gasteiger charge is -2.36. The zero-order valence-corrected chi connectivity index (χ0v) is 12.6. The van der Waals surface area contributed by atoms with E-state index in [0.717, 1.165) is 0 Å². The number of rotatable bonds is 4. The van der Waals surface area contributed by atoms with E-state index in [1.807, 2.05) is 0 Å². The topological polar surface area (TPSA) is 42.9 Å². The Morgan fingerprint density at radius 3 is 2.37 bits per heavy atom. The number of esters is 1. The Labute approximate surface area is 117 Å². The molecule has 110 valence electrons. The van der Waals surface area contributed by atoms with Crippen LogP contribution in [0, 0.1) is 11.8 Å². The first-order valence-corrected chi connectivity index (χ1v) is 8.11. The molecule has 1 heterocycles. The van der Waals surface area contributed by atoms with Gasteiger partial charge in [0, 0.05) is 25.2 Å². The molecular weight excluding hydrogens is 238 g/mol. The zero-order chi connectivity index (χ0) is 13.7. The Morgan fingerprint density at radius 2 is 1.74 bits per heavy atom. The quantitative estimate of drug-likeness (QED) is 0.795. The van der Waals surface area contributed by atoms with Crippen LogP contribution in [0.5, 0.6) is 0 Å². The van der Waals surface area contributed by atoms with Crippen molar-refractivity contribution in [3.8, 4) is 0 Å². The van der Waals surface area contributed by atoms with Gasteiger partial charge in [-0.2, -0.15) is 0 Å². The van der Waals surface area contributed by atoms with Crippen molar-refractivity contribution in [3.05, 3.63) is 0 Å². The monoisotopic (exact) mass is 268 g/mol. The molecule has 0 bridgehead atoms. The second-order valence-corrected chi connectivity index (χ2v) is 6.93. The minimum atomic E-state index is -0.278. The number of carbonyl (C=O) groups excluding carboxylic acids is 1. The molecule has 2 fully saturated rings. The number of nitrogens with two attached hydrogens (primary N) is 1. The molecule has 2 aliphatic rings.